The predicted octanol–water partition coefficient (Wildman–Crippen LogP) is 0.655. The van der Waals surface area contributed by atoms with E-state index >= 15 is 0 Å². The first-order valence-electron chi connectivity index (χ1n) is 8.83. The lowest BCUT2D eigenvalue weighted by molar-refractivity contribution is -0.121. The third-order valence-electron chi connectivity index (χ3n) is 4.08. The van der Waals surface area contributed by atoms with Crippen molar-refractivity contribution in [2.24, 2.45) is 11.7 Å². The first kappa shape index (κ1) is 21.7. The summed E-state index contributed by atoms with van der Waals surface area (Å²) in [4.78, 5) is 38.0. The van der Waals surface area contributed by atoms with E-state index in [1.165, 1.54) is 13.1 Å². The molecule has 0 saturated heterocycles. The Morgan fingerprint density at radius 2 is 1.85 bits per heavy atom. The Bertz CT molecular complexity index is 710. The third-order valence-corrected chi connectivity index (χ3v) is 4.08. The van der Waals surface area contributed by atoms with Crippen LogP contribution in [-0.2, 0) is 17.9 Å². The summed E-state index contributed by atoms with van der Waals surface area (Å²) in [6, 6.07) is 1.27. The van der Waals surface area contributed by atoms with Gasteiger partial charge in [0.25, 0.3) is 5.91 Å². The highest BCUT2D eigenvalue weighted by atomic mass is 16.3. The molecule has 1 aliphatic heterocycles. The summed E-state index contributed by atoms with van der Waals surface area (Å²) < 4.78 is 1.63. The first-order chi connectivity index (χ1) is 12.2. The van der Waals surface area contributed by atoms with Gasteiger partial charge in [0, 0.05) is 37.3 Å². The average Bonchev–Trinajstić information content (AvgIpc) is 2.57. The number of rotatable bonds is 5. The summed E-state index contributed by atoms with van der Waals surface area (Å²) in [5.41, 5.74) is 4.44. The summed E-state index contributed by atoms with van der Waals surface area (Å²) in [5.74, 6) is -0.753. The Morgan fingerprint density at radius 1 is 1.23 bits per heavy atom. The summed E-state index contributed by atoms with van der Waals surface area (Å²) in [6.07, 6.45) is 0.398. The zero-order valence-electron chi connectivity index (χ0n) is 16.2. The predicted molar refractivity (Wildman–Crippen MR) is 100.0 cm³/mol. The molecule has 0 atom stereocenters. The second kappa shape index (κ2) is 9.38. The monoisotopic (exact) mass is 366 g/mol. The lowest BCUT2D eigenvalue weighted by Gasteiger charge is -2.34. The molecule has 26 heavy (non-hydrogen) atoms. The number of nitrogens with two attached hydrogens (primary N) is 1. The minimum Gasteiger partial charge on any atom is -0.503 e. The smallest absolute Gasteiger partial charge is 0.274 e. The Kier molecular flexibility index (Phi) is 7.82. The SMILES string of the molecule is CC(C)CC(=O)NCc1cc(=O)c(O)c2n1CCN(C(C)C)C2=O.CN. The van der Waals surface area contributed by atoms with Gasteiger partial charge in [-0.25, -0.2) is 0 Å². The van der Waals surface area contributed by atoms with Gasteiger partial charge < -0.3 is 25.6 Å². The van der Waals surface area contributed by atoms with Gasteiger partial charge in [-0.2, -0.15) is 0 Å². The van der Waals surface area contributed by atoms with E-state index in [0.29, 0.717) is 25.2 Å². The van der Waals surface area contributed by atoms with E-state index in [2.05, 4.69) is 11.1 Å². The van der Waals surface area contributed by atoms with Crippen molar-refractivity contribution < 1.29 is 14.7 Å². The van der Waals surface area contributed by atoms with Crippen molar-refractivity contribution in [3.05, 3.63) is 27.7 Å². The van der Waals surface area contributed by atoms with Crippen LogP contribution in [0.4, 0.5) is 0 Å². The number of carbonyl (C=O) groups excluding carboxylic acids is 2. The van der Waals surface area contributed by atoms with Crippen molar-refractivity contribution in [3.63, 3.8) is 0 Å². The van der Waals surface area contributed by atoms with Crippen molar-refractivity contribution in [1.29, 1.82) is 0 Å². The highest BCUT2D eigenvalue weighted by Gasteiger charge is 2.31. The van der Waals surface area contributed by atoms with E-state index < -0.39 is 11.2 Å². The van der Waals surface area contributed by atoms with Crippen molar-refractivity contribution in [2.75, 3.05) is 13.6 Å². The van der Waals surface area contributed by atoms with Crippen molar-refractivity contribution >= 4 is 11.8 Å². The topological polar surface area (TPSA) is 118 Å². The maximum Gasteiger partial charge on any atom is 0.274 e. The lowest BCUT2D eigenvalue weighted by Crippen LogP contribution is -2.46. The molecule has 8 heteroatoms. The molecule has 0 spiro atoms. The number of aromatic nitrogens is 1. The zero-order valence-corrected chi connectivity index (χ0v) is 16.2. The fourth-order valence-corrected chi connectivity index (χ4v) is 2.87. The van der Waals surface area contributed by atoms with Crippen LogP contribution in [0, 0.1) is 5.92 Å². The molecule has 2 rings (SSSR count). The molecular weight excluding hydrogens is 336 g/mol. The Morgan fingerprint density at radius 3 is 2.38 bits per heavy atom. The minimum atomic E-state index is -0.603. The fraction of sp³-hybridized carbons (Fsp3) is 0.611. The standard InChI is InChI=1S/C17H25N3O4.CH5N/c1-10(2)7-14(22)18-9-12-8-13(21)16(23)15-17(24)19(11(3)4)5-6-20(12)15;1-2/h8,10-11,23H,5-7,9H2,1-4H3,(H,18,22);2H2,1H3. The second-order valence-electron chi connectivity index (χ2n) is 6.82. The van der Waals surface area contributed by atoms with Crippen LogP contribution in [0.15, 0.2) is 10.9 Å². The maximum atomic E-state index is 12.6. The third kappa shape index (κ3) is 4.85. The number of nitrogens with zero attached hydrogens (tertiary/aromatic N) is 2. The molecule has 2 heterocycles. The van der Waals surface area contributed by atoms with E-state index in [0.717, 1.165) is 0 Å². The number of pyridine rings is 1. The Balaban J connectivity index is 0.00000163. The van der Waals surface area contributed by atoms with Crippen molar-refractivity contribution in [3.8, 4) is 5.75 Å². The van der Waals surface area contributed by atoms with Crippen LogP contribution in [0.3, 0.4) is 0 Å². The van der Waals surface area contributed by atoms with Crippen LogP contribution < -0.4 is 16.5 Å². The fourth-order valence-electron chi connectivity index (χ4n) is 2.87. The Labute approximate surface area is 154 Å². The summed E-state index contributed by atoms with van der Waals surface area (Å²) in [7, 11) is 1.50. The maximum absolute atomic E-state index is 12.6. The molecule has 1 aromatic rings. The molecule has 8 nitrogen and oxygen atoms in total. The van der Waals surface area contributed by atoms with Gasteiger partial charge in [-0.05, 0) is 26.8 Å². The summed E-state index contributed by atoms with van der Waals surface area (Å²) >= 11 is 0. The molecule has 1 aromatic heterocycles. The number of carbonyl (C=O) groups is 2. The van der Waals surface area contributed by atoms with Crippen molar-refractivity contribution in [1.82, 2.24) is 14.8 Å². The van der Waals surface area contributed by atoms with Crippen LogP contribution in [0.25, 0.3) is 0 Å². The lowest BCUT2D eigenvalue weighted by atomic mass is 10.1. The van der Waals surface area contributed by atoms with E-state index in [-0.39, 0.29) is 36.0 Å². The largest absolute Gasteiger partial charge is 0.503 e. The number of hydrogen-bond donors (Lipinski definition) is 3. The number of amides is 2. The molecule has 4 N–H and O–H groups in total. The van der Waals surface area contributed by atoms with E-state index in [1.54, 1.807) is 9.47 Å². The quantitative estimate of drug-likeness (QED) is 0.707. The minimum absolute atomic E-state index is 0.00978. The molecule has 146 valence electrons. The molecule has 0 unspecified atom stereocenters. The van der Waals surface area contributed by atoms with E-state index in [9.17, 15) is 19.5 Å². The van der Waals surface area contributed by atoms with Gasteiger partial charge in [-0.3, -0.25) is 14.4 Å². The number of hydrogen-bond acceptors (Lipinski definition) is 5. The highest BCUT2D eigenvalue weighted by Crippen LogP contribution is 2.22. The number of fused-ring (bicyclic) bond motifs is 1. The molecule has 0 aliphatic carbocycles. The zero-order chi connectivity index (χ0) is 20.0. The van der Waals surface area contributed by atoms with Crippen LogP contribution >= 0.6 is 0 Å². The van der Waals surface area contributed by atoms with Gasteiger partial charge in [-0.15, -0.1) is 0 Å². The molecule has 1 aliphatic rings. The molecule has 2 amide bonds. The highest BCUT2D eigenvalue weighted by molar-refractivity contribution is 5.96. The second-order valence-corrected chi connectivity index (χ2v) is 6.82. The molecule has 0 fully saturated rings. The van der Waals surface area contributed by atoms with Gasteiger partial charge in [0.2, 0.25) is 11.3 Å². The molecule has 0 saturated carbocycles. The van der Waals surface area contributed by atoms with Crippen LogP contribution in [0.1, 0.15) is 50.3 Å². The van der Waals surface area contributed by atoms with Gasteiger partial charge in [0.05, 0.1) is 6.54 Å². The molecule has 0 aromatic carbocycles. The Hall–Kier alpha value is -2.35. The van der Waals surface area contributed by atoms with Crippen LogP contribution in [0.2, 0.25) is 0 Å². The average molecular weight is 366 g/mol. The van der Waals surface area contributed by atoms with Gasteiger partial charge in [0.1, 0.15) is 0 Å². The van der Waals surface area contributed by atoms with Crippen LogP contribution in [0.5, 0.6) is 5.75 Å². The molecule has 0 bridgehead atoms. The first-order valence-corrected chi connectivity index (χ1v) is 8.83. The summed E-state index contributed by atoms with van der Waals surface area (Å²) in [5, 5.41) is 12.8. The molecule has 0 radical (unpaired) electrons. The van der Waals surface area contributed by atoms with Gasteiger partial charge >= 0.3 is 0 Å². The van der Waals surface area contributed by atoms with Crippen LogP contribution in [-0.4, -0.2) is 46.0 Å². The number of aromatic hydroxyl groups is 1. The van der Waals surface area contributed by atoms with Gasteiger partial charge in [0.15, 0.2) is 11.4 Å². The molecular formula is C18H30N4O4. The van der Waals surface area contributed by atoms with E-state index in [4.69, 9.17) is 0 Å². The summed E-state index contributed by atoms with van der Waals surface area (Å²) in [6.45, 7) is 8.80. The van der Waals surface area contributed by atoms with E-state index in [1.807, 2.05) is 27.7 Å². The normalized spacial score (nSPS) is 13.4. The number of nitrogens with one attached hydrogen (secondary N) is 1. The van der Waals surface area contributed by atoms with Gasteiger partial charge in [-0.1, -0.05) is 13.8 Å². The van der Waals surface area contributed by atoms with Crippen molar-refractivity contribution in [2.45, 2.75) is 53.2 Å².